The standard InChI is InChI=1S/C14H19N3O2/c1-9(2)18-14-6-11(15)5-12(7-14)16-8-13-4-10(3)19-17-13/h4-7,9,16H,8,15H2,1-3H3. The van der Waals surface area contributed by atoms with Crippen molar-refractivity contribution in [2.24, 2.45) is 0 Å². The fourth-order valence-electron chi connectivity index (χ4n) is 1.76. The van der Waals surface area contributed by atoms with Crippen LogP contribution >= 0.6 is 0 Å². The van der Waals surface area contributed by atoms with Crippen LogP contribution < -0.4 is 15.8 Å². The second kappa shape index (κ2) is 5.65. The van der Waals surface area contributed by atoms with Crippen molar-refractivity contribution in [2.45, 2.75) is 33.4 Å². The molecule has 0 unspecified atom stereocenters. The first-order valence-corrected chi connectivity index (χ1v) is 6.26. The van der Waals surface area contributed by atoms with E-state index in [2.05, 4.69) is 10.5 Å². The highest BCUT2D eigenvalue weighted by atomic mass is 16.5. The van der Waals surface area contributed by atoms with Gasteiger partial charge in [0.2, 0.25) is 0 Å². The summed E-state index contributed by atoms with van der Waals surface area (Å²) in [6.07, 6.45) is 0.118. The number of ether oxygens (including phenoxy) is 1. The van der Waals surface area contributed by atoms with Crippen LogP contribution in [0, 0.1) is 6.92 Å². The molecule has 1 aromatic heterocycles. The summed E-state index contributed by atoms with van der Waals surface area (Å²) in [5.41, 5.74) is 8.27. The lowest BCUT2D eigenvalue weighted by Gasteiger charge is -2.12. The largest absolute Gasteiger partial charge is 0.491 e. The number of nitrogen functional groups attached to an aromatic ring is 1. The Balaban J connectivity index is 2.05. The zero-order valence-electron chi connectivity index (χ0n) is 11.4. The second-order valence-corrected chi connectivity index (χ2v) is 4.74. The van der Waals surface area contributed by atoms with Crippen molar-refractivity contribution in [1.29, 1.82) is 0 Å². The molecule has 0 aliphatic carbocycles. The molecule has 1 heterocycles. The molecule has 1 aromatic carbocycles. The SMILES string of the molecule is Cc1cc(CNc2cc(N)cc(OC(C)C)c2)no1. The molecular formula is C14H19N3O2. The molecule has 0 aliphatic heterocycles. The summed E-state index contributed by atoms with van der Waals surface area (Å²) in [5.74, 6) is 1.56. The summed E-state index contributed by atoms with van der Waals surface area (Å²) in [6.45, 7) is 6.41. The Labute approximate surface area is 112 Å². The van der Waals surface area contributed by atoms with Gasteiger partial charge in [-0.05, 0) is 26.8 Å². The predicted molar refractivity (Wildman–Crippen MR) is 75.2 cm³/mol. The summed E-state index contributed by atoms with van der Waals surface area (Å²) in [4.78, 5) is 0. The zero-order chi connectivity index (χ0) is 13.8. The van der Waals surface area contributed by atoms with Crippen LogP contribution in [0.3, 0.4) is 0 Å². The van der Waals surface area contributed by atoms with Crippen molar-refractivity contribution in [3.63, 3.8) is 0 Å². The molecule has 5 nitrogen and oxygen atoms in total. The van der Waals surface area contributed by atoms with Crippen LogP contribution in [0.5, 0.6) is 5.75 Å². The molecule has 0 atom stereocenters. The number of hydrogen-bond donors (Lipinski definition) is 2. The number of rotatable bonds is 5. The Morgan fingerprint density at radius 3 is 2.74 bits per heavy atom. The number of nitrogens with two attached hydrogens (primary N) is 1. The maximum absolute atomic E-state index is 5.85. The number of nitrogens with one attached hydrogen (secondary N) is 1. The molecule has 0 bridgehead atoms. The zero-order valence-corrected chi connectivity index (χ0v) is 11.4. The molecule has 0 spiro atoms. The van der Waals surface area contributed by atoms with Gasteiger partial charge in [-0.25, -0.2) is 0 Å². The van der Waals surface area contributed by atoms with E-state index in [0.29, 0.717) is 12.2 Å². The van der Waals surface area contributed by atoms with E-state index in [1.807, 2.05) is 45.0 Å². The van der Waals surface area contributed by atoms with Crippen molar-refractivity contribution < 1.29 is 9.26 Å². The van der Waals surface area contributed by atoms with E-state index in [0.717, 1.165) is 22.9 Å². The van der Waals surface area contributed by atoms with Crippen LogP contribution in [0.4, 0.5) is 11.4 Å². The molecule has 2 aromatic rings. The lowest BCUT2D eigenvalue weighted by molar-refractivity contribution is 0.242. The summed E-state index contributed by atoms with van der Waals surface area (Å²) >= 11 is 0. The van der Waals surface area contributed by atoms with Crippen molar-refractivity contribution in [3.05, 3.63) is 35.7 Å². The number of aryl methyl sites for hydroxylation is 1. The Morgan fingerprint density at radius 2 is 2.11 bits per heavy atom. The topological polar surface area (TPSA) is 73.3 Å². The first kappa shape index (κ1) is 13.3. The number of hydrogen-bond acceptors (Lipinski definition) is 5. The van der Waals surface area contributed by atoms with Crippen molar-refractivity contribution in [2.75, 3.05) is 11.1 Å². The molecule has 0 saturated carbocycles. The average Bonchev–Trinajstić information content (AvgIpc) is 2.71. The van der Waals surface area contributed by atoms with Gasteiger partial charge in [0.25, 0.3) is 0 Å². The van der Waals surface area contributed by atoms with Crippen LogP contribution in [-0.2, 0) is 6.54 Å². The van der Waals surface area contributed by atoms with Crippen LogP contribution in [0.25, 0.3) is 0 Å². The molecule has 0 amide bonds. The van der Waals surface area contributed by atoms with Crippen LogP contribution in [-0.4, -0.2) is 11.3 Å². The van der Waals surface area contributed by atoms with Crippen LogP contribution in [0.1, 0.15) is 25.3 Å². The third-order valence-electron chi connectivity index (χ3n) is 2.45. The van der Waals surface area contributed by atoms with E-state index in [9.17, 15) is 0 Å². The van der Waals surface area contributed by atoms with Crippen LogP contribution in [0.15, 0.2) is 28.8 Å². The molecule has 5 heteroatoms. The highest BCUT2D eigenvalue weighted by Gasteiger charge is 2.04. The summed E-state index contributed by atoms with van der Waals surface area (Å²) in [7, 11) is 0. The fraction of sp³-hybridized carbons (Fsp3) is 0.357. The van der Waals surface area contributed by atoms with Gasteiger partial charge in [0.05, 0.1) is 12.6 Å². The third-order valence-corrected chi connectivity index (χ3v) is 2.45. The lowest BCUT2D eigenvalue weighted by atomic mass is 10.2. The van der Waals surface area contributed by atoms with E-state index in [4.69, 9.17) is 15.0 Å². The maximum Gasteiger partial charge on any atom is 0.133 e. The Morgan fingerprint density at radius 1 is 1.32 bits per heavy atom. The number of aromatic nitrogens is 1. The molecule has 0 aliphatic rings. The quantitative estimate of drug-likeness (QED) is 0.809. The smallest absolute Gasteiger partial charge is 0.133 e. The minimum absolute atomic E-state index is 0.118. The number of benzene rings is 1. The van der Waals surface area contributed by atoms with E-state index in [1.54, 1.807) is 0 Å². The molecule has 3 N–H and O–H groups in total. The average molecular weight is 261 g/mol. The Kier molecular flexibility index (Phi) is 3.94. The highest BCUT2D eigenvalue weighted by molar-refractivity contribution is 5.59. The molecule has 102 valence electrons. The molecule has 0 saturated heterocycles. The van der Waals surface area contributed by atoms with Gasteiger partial charge in [-0.15, -0.1) is 0 Å². The third kappa shape index (κ3) is 3.91. The van der Waals surface area contributed by atoms with E-state index in [1.165, 1.54) is 0 Å². The van der Waals surface area contributed by atoms with E-state index >= 15 is 0 Å². The highest BCUT2D eigenvalue weighted by Crippen LogP contribution is 2.23. The molecule has 2 rings (SSSR count). The van der Waals surface area contributed by atoms with Crippen molar-refractivity contribution in [3.8, 4) is 5.75 Å². The first-order chi connectivity index (χ1) is 9.02. The summed E-state index contributed by atoms with van der Waals surface area (Å²) in [5, 5.41) is 7.17. The van der Waals surface area contributed by atoms with E-state index < -0.39 is 0 Å². The summed E-state index contributed by atoms with van der Waals surface area (Å²) in [6, 6.07) is 7.49. The summed E-state index contributed by atoms with van der Waals surface area (Å²) < 4.78 is 10.7. The first-order valence-electron chi connectivity index (χ1n) is 6.26. The minimum atomic E-state index is 0.118. The van der Waals surface area contributed by atoms with Gasteiger partial charge in [0, 0.05) is 29.6 Å². The van der Waals surface area contributed by atoms with Crippen LogP contribution in [0.2, 0.25) is 0 Å². The molecule has 0 radical (unpaired) electrons. The van der Waals surface area contributed by atoms with Gasteiger partial charge >= 0.3 is 0 Å². The molecule has 0 fully saturated rings. The Bertz CT molecular complexity index is 549. The van der Waals surface area contributed by atoms with E-state index in [-0.39, 0.29) is 6.10 Å². The van der Waals surface area contributed by atoms with Gasteiger partial charge < -0.3 is 20.3 Å². The monoisotopic (exact) mass is 261 g/mol. The van der Waals surface area contributed by atoms with Gasteiger partial charge in [0.15, 0.2) is 0 Å². The van der Waals surface area contributed by atoms with Gasteiger partial charge in [0.1, 0.15) is 17.2 Å². The molecular weight excluding hydrogens is 242 g/mol. The van der Waals surface area contributed by atoms with Crippen molar-refractivity contribution >= 4 is 11.4 Å². The Hall–Kier alpha value is -2.17. The van der Waals surface area contributed by atoms with Crippen molar-refractivity contribution in [1.82, 2.24) is 5.16 Å². The minimum Gasteiger partial charge on any atom is -0.491 e. The molecule has 19 heavy (non-hydrogen) atoms. The van der Waals surface area contributed by atoms with Gasteiger partial charge in [-0.3, -0.25) is 0 Å². The second-order valence-electron chi connectivity index (χ2n) is 4.74. The number of anilines is 2. The predicted octanol–water partition coefficient (Wildman–Crippen LogP) is 2.96. The lowest BCUT2D eigenvalue weighted by Crippen LogP contribution is -2.07. The number of nitrogens with zero attached hydrogens (tertiary/aromatic N) is 1. The fourth-order valence-corrected chi connectivity index (χ4v) is 1.76. The maximum atomic E-state index is 5.85. The van der Waals surface area contributed by atoms with Gasteiger partial charge in [-0.2, -0.15) is 0 Å². The van der Waals surface area contributed by atoms with Gasteiger partial charge in [-0.1, -0.05) is 5.16 Å². The normalized spacial score (nSPS) is 10.7.